The minimum atomic E-state index is -0.342. The van der Waals surface area contributed by atoms with Crippen LogP contribution in [0.1, 0.15) is 51.0 Å². The Labute approximate surface area is 190 Å². The number of nitrogens with zero attached hydrogens (tertiary/aromatic N) is 1. The fraction of sp³-hybridized carbons (Fsp3) is 0.654. The zero-order valence-electron chi connectivity index (χ0n) is 19.1. The molecule has 2 aliphatic carbocycles. The Balaban J connectivity index is 1.37. The normalized spacial score (nSPS) is 38.8. The van der Waals surface area contributed by atoms with Crippen molar-refractivity contribution in [1.82, 2.24) is 4.90 Å². The second kappa shape index (κ2) is 8.38. The second-order valence-corrected chi connectivity index (χ2v) is 10.3. The van der Waals surface area contributed by atoms with Crippen molar-refractivity contribution in [3.05, 3.63) is 29.8 Å². The molecular weight excluding hydrogens is 406 g/mol. The molecule has 2 heterocycles. The third-order valence-corrected chi connectivity index (χ3v) is 8.78. The average molecular weight is 442 g/mol. The van der Waals surface area contributed by atoms with Crippen LogP contribution >= 0.6 is 0 Å². The minimum absolute atomic E-state index is 0.0666. The van der Waals surface area contributed by atoms with Crippen LogP contribution in [0.5, 0.6) is 11.5 Å². The molecule has 6 heteroatoms. The summed E-state index contributed by atoms with van der Waals surface area (Å²) in [6.07, 6.45) is 9.12. The number of rotatable bonds is 4. The first-order chi connectivity index (χ1) is 15.4. The van der Waals surface area contributed by atoms with E-state index in [4.69, 9.17) is 9.47 Å². The van der Waals surface area contributed by atoms with Gasteiger partial charge in [0, 0.05) is 17.5 Å². The van der Waals surface area contributed by atoms with Crippen LogP contribution in [0.25, 0.3) is 6.08 Å². The molecule has 174 valence electrons. The van der Waals surface area contributed by atoms with E-state index in [-0.39, 0.29) is 35.4 Å². The number of methoxy groups -OCH3 is 1. The third-order valence-electron chi connectivity index (χ3n) is 8.78. The van der Waals surface area contributed by atoms with E-state index in [9.17, 15) is 15.0 Å². The van der Waals surface area contributed by atoms with Crippen LogP contribution in [0.4, 0.5) is 0 Å². The number of hydrogen-bond donors (Lipinski definition) is 2. The van der Waals surface area contributed by atoms with Crippen LogP contribution in [-0.4, -0.2) is 59.0 Å². The van der Waals surface area contributed by atoms with Gasteiger partial charge in [0.2, 0.25) is 0 Å². The summed E-state index contributed by atoms with van der Waals surface area (Å²) in [7, 11) is 1.50. The average Bonchev–Trinajstić information content (AvgIpc) is 2.79. The summed E-state index contributed by atoms with van der Waals surface area (Å²) in [4.78, 5) is 15.5. The van der Waals surface area contributed by atoms with Crippen LogP contribution in [0.2, 0.25) is 0 Å². The molecule has 5 rings (SSSR count). The Bertz CT molecular complexity index is 898. The first-order valence-electron chi connectivity index (χ1n) is 12.1. The number of carbonyl (C=O) groups is 1. The van der Waals surface area contributed by atoms with Crippen LogP contribution in [0.15, 0.2) is 24.3 Å². The summed E-state index contributed by atoms with van der Waals surface area (Å²) < 4.78 is 11.2. The van der Waals surface area contributed by atoms with Gasteiger partial charge in [-0.2, -0.15) is 0 Å². The first kappa shape index (κ1) is 21.8. The van der Waals surface area contributed by atoms with Gasteiger partial charge in [-0.15, -0.1) is 0 Å². The van der Waals surface area contributed by atoms with Crippen LogP contribution < -0.4 is 4.74 Å². The van der Waals surface area contributed by atoms with Gasteiger partial charge in [0.1, 0.15) is 6.10 Å². The van der Waals surface area contributed by atoms with Gasteiger partial charge in [-0.25, -0.2) is 4.79 Å². The van der Waals surface area contributed by atoms with Crippen molar-refractivity contribution in [3.63, 3.8) is 0 Å². The predicted molar refractivity (Wildman–Crippen MR) is 121 cm³/mol. The van der Waals surface area contributed by atoms with Gasteiger partial charge < -0.3 is 19.7 Å². The molecule has 1 aromatic rings. The van der Waals surface area contributed by atoms with Gasteiger partial charge in [0.25, 0.3) is 0 Å². The van der Waals surface area contributed by atoms with Gasteiger partial charge in [-0.05, 0) is 93.1 Å². The molecule has 0 radical (unpaired) electrons. The van der Waals surface area contributed by atoms with Crippen molar-refractivity contribution in [3.8, 4) is 11.5 Å². The SMILES string of the molecule is COc1cc(/C=C/C(=O)O[C@@H]2C[C@@H]3[C@H](O)[C@@H](C)C[C@]45[C@@H]3CCCN4CCC[C@H]25)ccc1O. The van der Waals surface area contributed by atoms with Crippen LogP contribution in [0, 0.1) is 23.7 Å². The van der Waals surface area contributed by atoms with Crippen molar-refractivity contribution >= 4 is 12.0 Å². The molecule has 2 saturated heterocycles. The number of esters is 1. The molecule has 2 bridgehead atoms. The van der Waals surface area contributed by atoms with Gasteiger partial charge in [0.15, 0.2) is 11.5 Å². The van der Waals surface area contributed by atoms with E-state index in [1.165, 1.54) is 26.0 Å². The predicted octanol–water partition coefficient (Wildman–Crippen LogP) is 3.61. The highest BCUT2D eigenvalue weighted by Crippen LogP contribution is 2.60. The molecule has 4 aliphatic rings. The number of hydrogen-bond acceptors (Lipinski definition) is 6. The summed E-state index contributed by atoms with van der Waals surface area (Å²) in [6, 6.07) is 4.97. The number of aromatic hydroxyl groups is 1. The molecule has 7 atom stereocenters. The molecule has 32 heavy (non-hydrogen) atoms. The monoisotopic (exact) mass is 441 g/mol. The molecule has 2 aliphatic heterocycles. The number of benzene rings is 1. The zero-order valence-corrected chi connectivity index (χ0v) is 19.1. The van der Waals surface area contributed by atoms with E-state index < -0.39 is 0 Å². The molecule has 4 fully saturated rings. The Hall–Kier alpha value is -2.05. The summed E-state index contributed by atoms with van der Waals surface area (Å²) in [5, 5.41) is 20.8. The van der Waals surface area contributed by atoms with Crippen molar-refractivity contribution in [1.29, 1.82) is 0 Å². The smallest absolute Gasteiger partial charge is 0.331 e. The fourth-order valence-electron chi connectivity index (χ4n) is 7.61. The van der Waals surface area contributed by atoms with E-state index in [2.05, 4.69) is 11.8 Å². The van der Waals surface area contributed by atoms with Gasteiger partial charge in [0.05, 0.1) is 13.2 Å². The van der Waals surface area contributed by atoms with Crippen LogP contribution in [-0.2, 0) is 9.53 Å². The summed E-state index contributed by atoms with van der Waals surface area (Å²) in [5.41, 5.74) is 0.841. The Morgan fingerprint density at radius 2 is 1.97 bits per heavy atom. The maximum Gasteiger partial charge on any atom is 0.331 e. The first-order valence-corrected chi connectivity index (χ1v) is 12.1. The molecule has 0 unspecified atom stereocenters. The second-order valence-electron chi connectivity index (χ2n) is 10.3. The lowest BCUT2D eigenvalue weighted by Crippen LogP contribution is -2.74. The van der Waals surface area contributed by atoms with Crippen molar-refractivity contribution in [2.45, 2.75) is 63.2 Å². The Kier molecular flexibility index (Phi) is 5.70. The molecule has 6 nitrogen and oxygen atoms in total. The van der Waals surface area contributed by atoms with Gasteiger partial charge in [-0.1, -0.05) is 13.0 Å². The lowest BCUT2D eigenvalue weighted by Gasteiger charge is -2.68. The molecule has 2 N–H and O–H groups in total. The summed E-state index contributed by atoms with van der Waals surface area (Å²) >= 11 is 0. The number of ether oxygens (including phenoxy) is 2. The van der Waals surface area contributed by atoms with Crippen LogP contribution in [0.3, 0.4) is 0 Å². The van der Waals surface area contributed by atoms with E-state index in [1.54, 1.807) is 24.3 Å². The van der Waals surface area contributed by atoms with E-state index in [1.807, 2.05) is 0 Å². The Morgan fingerprint density at radius 3 is 2.72 bits per heavy atom. The van der Waals surface area contributed by atoms with Crippen molar-refractivity contribution in [2.75, 3.05) is 20.2 Å². The Morgan fingerprint density at radius 1 is 1.22 bits per heavy atom. The van der Waals surface area contributed by atoms with Crippen molar-refractivity contribution in [2.24, 2.45) is 23.7 Å². The zero-order chi connectivity index (χ0) is 22.5. The molecule has 0 amide bonds. The minimum Gasteiger partial charge on any atom is -0.504 e. The van der Waals surface area contributed by atoms with Gasteiger partial charge in [-0.3, -0.25) is 4.90 Å². The quantitative estimate of drug-likeness (QED) is 0.549. The van der Waals surface area contributed by atoms with E-state index in [0.717, 1.165) is 44.3 Å². The highest BCUT2D eigenvalue weighted by molar-refractivity contribution is 5.87. The maximum absolute atomic E-state index is 12.8. The van der Waals surface area contributed by atoms with E-state index in [0.29, 0.717) is 23.5 Å². The largest absolute Gasteiger partial charge is 0.504 e. The van der Waals surface area contributed by atoms with Crippen molar-refractivity contribution < 1.29 is 24.5 Å². The number of aliphatic hydroxyl groups excluding tert-OH is 1. The molecule has 1 aromatic carbocycles. The summed E-state index contributed by atoms with van der Waals surface area (Å²) in [5.74, 6) is 1.45. The highest BCUT2D eigenvalue weighted by Gasteiger charge is 2.65. The highest BCUT2D eigenvalue weighted by atomic mass is 16.5. The number of carbonyl (C=O) groups excluding carboxylic acids is 1. The standard InChI is InChI=1S/C26H35NO5/c1-16-15-26-19-5-3-11-27(26)12-4-6-20(26)22(14-18(19)25(16)30)32-24(29)10-8-17-7-9-21(28)23(13-17)31-2/h7-10,13,16,18-20,22,25,28,30H,3-6,11-12,14-15H2,1-2H3/b10-8+/t16-,18-,19+,20+,22+,25+,26+/m0/s1. The number of phenolic OH excluding ortho intramolecular Hbond substituents is 1. The summed E-state index contributed by atoms with van der Waals surface area (Å²) in [6.45, 7) is 4.46. The fourth-order valence-corrected chi connectivity index (χ4v) is 7.61. The molecular formula is C26H35NO5. The number of phenols is 1. The lowest BCUT2D eigenvalue weighted by molar-refractivity contribution is -0.228. The lowest BCUT2D eigenvalue weighted by atomic mass is 9.47. The van der Waals surface area contributed by atoms with E-state index >= 15 is 0 Å². The molecule has 2 saturated carbocycles. The maximum atomic E-state index is 12.8. The number of piperidine rings is 2. The molecule has 1 spiro atoms. The van der Waals surface area contributed by atoms with Gasteiger partial charge >= 0.3 is 5.97 Å². The topological polar surface area (TPSA) is 79.2 Å². The molecule has 0 aromatic heterocycles. The number of aliphatic hydroxyl groups is 1. The third kappa shape index (κ3) is 3.43.